The van der Waals surface area contributed by atoms with Crippen molar-refractivity contribution in [3.8, 4) is 22.5 Å². The maximum absolute atomic E-state index is 13.9. The van der Waals surface area contributed by atoms with Gasteiger partial charge in [0.2, 0.25) is 0 Å². The highest BCUT2D eigenvalue weighted by atomic mass is 19.4. The van der Waals surface area contributed by atoms with Crippen LogP contribution in [0.15, 0.2) is 36.8 Å². The molecule has 0 unspecified atom stereocenters. The summed E-state index contributed by atoms with van der Waals surface area (Å²) in [4.78, 5) is 8.27. The number of rotatable bonds is 5. The molecular weight excluding hydrogens is 422 g/mol. The third-order valence-electron chi connectivity index (χ3n) is 5.88. The van der Waals surface area contributed by atoms with Gasteiger partial charge in [-0.3, -0.25) is 5.10 Å². The second kappa shape index (κ2) is 8.97. The summed E-state index contributed by atoms with van der Waals surface area (Å²) in [5.41, 5.74) is 1.26. The van der Waals surface area contributed by atoms with Crippen LogP contribution in [0.5, 0.6) is 0 Å². The molecule has 32 heavy (non-hydrogen) atoms. The van der Waals surface area contributed by atoms with Gasteiger partial charge in [0.1, 0.15) is 17.8 Å². The first kappa shape index (κ1) is 22.4. The standard InChI is InChI=1S/C23H25F4N5/c1-13(2)30-16-6-3-14(4-7-16)21-20(19-9-10-28-12-29-19)22(32-31-21)15-5-8-18(24)17(11-15)23(25,26)27/h5,8-14,16,30H,3-4,6-7H2,1-2H3,(H,31,32). The molecule has 1 aliphatic rings. The van der Waals surface area contributed by atoms with Gasteiger partial charge in [-0.05, 0) is 49.9 Å². The van der Waals surface area contributed by atoms with Crippen LogP contribution in [0.25, 0.3) is 22.5 Å². The van der Waals surface area contributed by atoms with Crippen molar-refractivity contribution in [2.75, 3.05) is 0 Å². The Labute approximate surface area is 183 Å². The van der Waals surface area contributed by atoms with Crippen molar-refractivity contribution in [3.63, 3.8) is 0 Å². The molecule has 0 bridgehead atoms. The fourth-order valence-electron chi connectivity index (χ4n) is 4.47. The average molecular weight is 447 g/mol. The van der Waals surface area contributed by atoms with Gasteiger partial charge in [-0.15, -0.1) is 0 Å². The summed E-state index contributed by atoms with van der Waals surface area (Å²) in [6, 6.07) is 5.52. The number of benzene rings is 1. The minimum absolute atomic E-state index is 0.175. The number of H-pyrrole nitrogens is 1. The van der Waals surface area contributed by atoms with Crippen molar-refractivity contribution in [3.05, 3.63) is 53.9 Å². The monoisotopic (exact) mass is 447 g/mol. The number of hydrogen-bond acceptors (Lipinski definition) is 4. The van der Waals surface area contributed by atoms with Gasteiger partial charge in [-0.2, -0.15) is 18.3 Å². The molecule has 0 atom stereocenters. The van der Waals surface area contributed by atoms with Crippen LogP contribution >= 0.6 is 0 Å². The molecule has 4 rings (SSSR count). The van der Waals surface area contributed by atoms with Crippen LogP contribution in [0, 0.1) is 5.82 Å². The Kier molecular flexibility index (Phi) is 6.28. The second-order valence-corrected chi connectivity index (χ2v) is 8.52. The van der Waals surface area contributed by atoms with E-state index in [1.807, 2.05) is 0 Å². The molecule has 2 N–H and O–H groups in total. The van der Waals surface area contributed by atoms with Crippen LogP contribution in [0.4, 0.5) is 17.6 Å². The van der Waals surface area contributed by atoms with Crippen molar-refractivity contribution in [2.45, 2.75) is 63.7 Å². The summed E-state index contributed by atoms with van der Waals surface area (Å²) >= 11 is 0. The van der Waals surface area contributed by atoms with E-state index in [4.69, 9.17) is 0 Å². The molecular formula is C23H25F4N5. The fraction of sp³-hybridized carbons (Fsp3) is 0.435. The summed E-state index contributed by atoms with van der Waals surface area (Å²) in [5.74, 6) is -1.13. The lowest BCUT2D eigenvalue weighted by molar-refractivity contribution is -0.139. The van der Waals surface area contributed by atoms with Gasteiger partial charge in [0.25, 0.3) is 0 Å². The smallest absolute Gasteiger partial charge is 0.312 e. The molecule has 9 heteroatoms. The first-order valence-corrected chi connectivity index (χ1v) is 10.7. The third-order valence-corrected chi connectivity index (χ3v) is 5.88. The molecule has 3 aromatic rings. The fourth-order valence-corrected chi connectivity index (χ4v) is 4.47. The minimum atomic E-state index is -4.80. The Morgan fingerprint density at radius 1 is 1.09 bits per heavy atom. The maximum Gasteiger partial charge on any atom is 0.419 e. The molecule has 0 spiro atoms. The molecule has 2 aromatic heterocycles. The van der Waals surface area contributed by atoms with Gasteiger partial charge < -0.3 is 5.32 Å². The number of halogens is 4. The van der Waals surface area contributed by atoms with E-state index in [9.17, 15) is 17.6 Å². The van der Waals surface area contributed by atoms with Crippen LogP contribution in [0.2, 0.25) is 0 Å². The second-order valence-electron chi connectivity index (χ2n) is 8.52. The highest BCUT2D eigenvalue weighted by molar-refractivity contribution is 5.81. The van der Waals surface area contributed by atoms with Crippen molar-refractivity contribution in [1.29, 1.82) is 0 Å². The van der Waals surface area contributed by atoms with Crippen molar-refractivity contribution < 1.29 is 17.6 Å². The first-order valence-electron chi connectivity index (χ1n) is 10.7. The van der Waals surface area contributed by atoms with Crippen molar-refractivity contribution >= 4 is 0 Å². The molecule has 5 nitrogen and oxygen atoms in total. The molecule has 0 aliphatic heterocycles. The molecule has 170 valence electrons. The first-order chi connectivity index (χ1) is 15.2. The highest BCUT2D eigenvalue weighted by Gasteiger charge is 2.35. The summed E-state index contributed by atoms with van der Waals surface area (Å²) in [6.45, 7) is 4.25. The van der Waals surface area contributed by atoms with Crippen LogP contribution in [0.1, 0.15) is 56.7 Å². The van der Waals surface area contributed by atoms with E-state index >= 15 is 0 Å². The molecule has 2 heterocycles. The zero-order chi connectivity index (χ0) is 22.9. The minimum Gasteiger partial charge on any atom is -0.312 e. The Bertz CT molecular complexity index is 1050. The van der Waals surface area contributed by atoms with Gasteiger partial charge in [-0.25, -0.2) is 14.4 Å². The molecule has 0 saturated heterocycles. The highest BCUT2D eigenvalue weighted by Crippen LogP contribution is 2.42. The Balaban J connectivity index is 1.74. The van der Waals surface area contributed by atoms with Crippen molar-refractivity contribution in [2.24, 2.45) is 0 Å². The Morgan fingerprint density at radius 2 is 1.84 bits per heavy atom. The number of aromatic nitrogens is 4. The molecule has 1 fully saturated rings. The van der Waals surface area contributed by atoms with Gasteiger partial charge >= 0.3 is 6.18 Å². The van der Waals surface area contributed by atoms with E-state index in [0.717, 1.165) is 43.5 Å². The summed E-state index contributed by atoms with van der Waals surface area (Å²) in [7, 11) is 0. The van der Waals surface area contributed by atoms with Crippen LogP contribution in [0.3, 0.4) is 0 Å². The molecule has 0 radical (unpaired) electrons. The van der Waals surface area contributed by atoms with E-state index in [-0.39, 0.29) is 11.5 Å². The van der Waals surface area contributed by atoms with Crippen molar-refractivity contribution in [1.82, 2.24) is 25.5 Å². The topological polar surface area (TPSA) is 66.5 Å². The summed E-state index contributed by atoms with van der Waals surface area (Å²) in [5, 5.41) is 11.0. The largest absolute Gasteiger partial charge is 0.419 e. The maximum atomic E-state index is 13.9. The predicted octanol–water partition coefficient (Wildman–Crippen LogP) is 5.72. The van der Waals surface area contributed by atoms with Gasteiger partial charge in [-0.1, -0.05) is 13.8 Å². The predicted molar refractivity (Wildman–Crippen MR) is 113 cm³/mol. The quantitative estimate of drug-likeness (QED) is 0.491. The number of aromatic amines is 1. The average Bonchev–Trinajstić information content (AvgIpc) is 3.19. The van der Waals surface area contributed by atoms with E-state index in [0.29, 0.717) is 29.0 Å². The molecule has 1 saturated carbocycles. The third kappa shape index (κ3) is 4.67. The van der Waals surface area contributed by atoms with E-state index in [1.165, 1.54) is 12.4 Å². The van der Waals surface area contributed by atoms with E-state index < -0.39 is 17.6 Å². The lowest BCUT2D eigenvalue weighted by Gasteiger charge is -2.30. The lowest BCUT2D eigenvalue weighted by Crippen LogP contribution is -2.37. The normalized spacial score (nSPS) is 19.5. The number of nitrogens with zero attached hydrogens (tertiary/aromatic N) is 3. The van der Waals surface area contributed by atoms with E-state index in [2.05, 4.69) is 39.3 Å². The molecule has 0 amide bonds. The molecule has 1 aliphatic carbocycles. The van der Waals surface area contributed by atoms with Gasteiger partial charge in [0.05, 0.1) is 11.3 Å². The number of hydrogen-bond donors (Lipinski definition) is 2. The van der Waals surface area contributed by atoms with Gasteiger partial charge in [0.15, 0.2) is 0 Å². The number of alkyl halides is 3. The zero-order valence-electron chi connectivity index (χ0n) is 17.9. The van der Waals surface area contributed by atoms with Crippen LogP contribution < -0.4 is 5.32 Å². The SMILES string of the molecule is CC(C)NC1CCC(c2[nH]nc(-c3ccc(F)c(C(F)(F)F)c3)c2-c2ccncn2)CC1. The summed E-state index contributed by atoms with van der Waals surface area (Å²) in [6.07, 6.45) is 2.01. The van der Waals surface area contributed by atoms with Crippen LogP contribution in [-0.2, 0) is 6.18 Å². The number of nitrogens with one attached hydrogen (secondary N) is 2. The lowest BCUT2D eigenvalue weighted by atomic mass is 9.81. The summed E-state index contributed by atoms with van der Waals surface area (Å²) < 4.78 is 53.7. The molecule has 1 aromatic carbocycles. The Hall–Kier alpha value is -2.81. The van der Waals surface area contributed by atoms with E-state index in [1.54, 1.807) is 12.3 Å². The Morgan fingerprint density at radius 3 is 2.47 bits per heavy atom. The van der Waals surface area contributed by atoms with Crippen LogP contribution in [-0.4, -0.2) is 32.2 Å². The zero-order valence-corrected chi connectivity index (χ0v) is 17.9. The van der Waals surface area contributed by atoms with Gasteiger partial charge in [0, 0.05) is 41.0 Å².